The Bertz CT molecular complexity index is 502. The van der Waals surface area contributed by atoms with Crippen LogP contribution in [0.2, 0.25) is 10.0 Å². The van der Waals surface area contributed by atoms with E-state index in [1.165, 1.54) is 0 Å². The number of anilines is 1. The van der Waals surface area contributed by atoms with E-state index in [4.69, 9.17) is 23.2 Å². The predicted molar refractivity (Wildman–Crippen MR) is 76.3 cm³/mol. The predicted octanol–water partition coefficient (Wildman–Crippen LogP) is 4.21. The molecule has 0 saturated carbocycles. The molecule has 5 heteroatoms. The van der Waals surface area contributed by atoms with Crippen molar-refractivity contribution in [2.45, 2.75) is 26.4 Å². The summed E-state index contributed by atoms with van der Waals surface area (Å²) in [6.07, 6.45) is 4.81. The van der Waals surface area contributed by atoms with Gasteiger partial charge in [-0.25, -0.2) is 4.98 Å². The number of rotatable bonds is 5. The lowest BCUT2D eigenvalue weighted by Gasteiger charge is -2.09. The van der Waals surface area contributed by atoms with Gasteiger partial charge in [-0.05, 0) is 24.6 Å². The highest BCUT2D eigenvalue weighted by Gasteiger charge is 2.02. The minimum atomic E-state index is 0.632. The van der Waals surface area contributed by atoms with Crippen molar-refractivity contribution in [3.8, 4) is 0 Å². The van der Waals surface area contributed by atoms with Crippen molar-refractivity contribution in [3.63, 3.8) is 0 Å². The van der Waals surface area contributed by atoms with Crippen LogP contribution >= 0.6 is 23.2 Å². The Morgan fingerprint density at radius 3 is 2.61 bits per heavy atom. The lowest BCUT2D eigenvalue weighted by Crippen LogP contribution is -2.06. The van der Waals surface area contributed by atoms with Crippen LogP contribution in [-0.2, 0) is 13.1 Å². The fourth-order valence-corrected chi connectivity index (χ4v) is 2.31. The minimum absolute atomic E-state index is 0.632. The number of nitrogens with zero attached hydrogens (tertiary/aromatic N) is 2. The average molecular weight is 284 g/mol. The molecule has 0 atom stereocenters. The molecule has 1 N–H and O–H groups in total. The molecular weight excluding hydrogens is 269 g/mol. The molecule has 0 spiro atoms. The molecule has 1 aromatic carbocycles. The van der Waals surface area contributed by atoms with Crippen molar-refractivity contribution in [2.24, 2.45) is 0 Å². The summed E-state index contributed by atoms with van der Waals surface area (Å²) in [4.78, 5) is 4.16. The van der Waals surface area contributed by atoms with Gasteiger partial charge in [0.1, 0.15) is 0 Å². The van der Waals surface area contributed by atoms with Crippen molar-refractivity contribution in [1.29, 1.82) is 0 Å². The normalized spacial score (nSPS) is 10.6. The Kier molecular flexibility index (Phi) is 4.50. The van der Waals surface area contributed by atoms with Crippen LogP contribution in [0.1, 0.15) is 19.0 Å². The third-order valence-corrected chi connectivity index (χ3v) is 3.04. The Morgan fingerprint density at radius 1 is 1.22 bits per heavy atom. The number of hydrogen-bond acceptors (Lipinski definition) is 2. The van der Waals surface area contributed by atoms with Crippen molar-refractivity contribution < 1.29 is 0 Å². The fourth-order valence-electron chi connectivity index (χ4n) is 1.79. The van der Waals surface area contributed by atoms with Crippen LogP contribution in [0.3, 0.4) is 0 Å². The van der Waals surface area contributed by atoms with Gasteiger partial charge in [0.25, 0.3) is 0 Å². The van der Waals surface area contributed by atoms with E-state index in [-0.39, 0.29) is 0 Å². The summed E-state index contributed by atoms with van der Waals surface area (Å²) in [5.74, 6) is 0. The average Bonchev–Trinajstić information content (AvgIpc) is 2.73. The van der Waals surface area contributed by atoms with Gasteiger partial charge in [-0.1, -0.05) is 30.1 Å². The fraction of sp³-hybridized carbons (Fsp3) is 0.308. The third kappa shape index (κ3) is 3.40. The molecular formula is C13H15Cl2N3. The van der Waals surface area contributed by atoms with Crippen LogP contribution in [0.5, 0.6) is 0 Å². The standard InChI is InChI=1S/C13H15Cl2N3/c1-2-3-18-9-16-7-13(18)8-17-12-5-10(14)4-11(15)6-12/h4-7,9,17H,2-3,8H2,1H3. The lowest BCUT2D eigenvalue weighted by molar-refractivity contribution is 0.651. The second kappa shape index (κ2) is 6.12. The number of benzene rings is 1. The van der Waals surface area contributed by atoms with E-state index >= 15 is 0 Å². The second-order valence-corrected chi connectivity index (χ2v) is 4.96. The molecule has 2 aromatic rings. The number of aromatic nitrogens is 2. The van der Waals surface area contributed by atoms with E-state index in [1.807, 2.05) is 24.7 Å². The Labute approximate surface area is 117 Å². The highest BCUT2D eigenvalue weighted by molar-refractivity contribution is 6.35. The molecule has 1 aromatic heterocycles. The quantitative estimate of drug-likeness (QED) is 0.891. The molecule has 0 bridgehead atoms. The minimum Gasteiger partial charge on any atom is -0.379 e. The van der Waals surface area contributed by atoms with Crippen LogP contribution < -0.4 is 5.32 Å². The van der Waals surface area contributed by atoms with Crippen LogP contribution in [0.15, 0.2) is 30.7 Å². The zero-order valence-electron chi connectivity index (χ0n) is 10.2. The van der Waals surface area contributed by atoms with Gasteiger partial charge in [0.15, 0.2) is 0 Å². The first kappa shape index (κ1) is 13.2. The van der Waals surface area contributed by atoms with Gasteiger partial charge in [-0.2, -0.15) is 0 Å². The molecule has 0 aliphatic heterocycles. The highest BCUT2D eigenvalue weighted by Crippen LogP contribution is 2.22. The van der Waals surface area contributed by atoms with Crippen LogP contribution in [0.4, 0.5) is 5.69 Å². The van der Waals surface area contributed by atoms with Crippen molar-refractivity contribution in [2.75, 3.05) is 5.32 Å². The monoisotopic (exact) mass is 283 g/mol. The summed E-state index contributed by atoms with van der Waals surface area (Å²) in [6, 6.07) is 5.43. The van der Waals surface area contributed by atoms with Gasteiger partial charge in [0.2, 0.25) is 0 Å². The van der Waals surface area contributed by atoms with E-state index in [2.05, 4.69) is 21.8 Å². The number of hydrogen-bond donors (Lipinski definition) is 1. The van der Waals surface area contributed by atoms with Gasteiger partial charge in [0, 0.05) is 28.5 Å². The number of imidazole rings is 1. The second-order valence-electron chi connectivity index (χ2n) is 4.09. The van der Waals surface area contributed by atoms with Crippen molar-refractivity contribution >= 4 is 28.9 Å². The van der Waals surface area contributed by atoms with E-state index in [1.54, 1.807) is 6.07 Å². The van der Waals surface area contributed by atoms with E-state index in [0.29, 0.717) is 16.6 Å². The maximum absolute atomic E-state index is 5.95. The lowest BCUT2D eigenvalue weighted by atomic mass is 10.3. The summed E-state index contributed by atoms with van der Waals surface area (Å²) < 4.78 is 2.14. The largest absolute Gasteiger partial charge is 0.379 e. The first-order valence-corrected chi connectivity index (χ1v) is 6.63. The maximum atomic E-state index is 5.95. The molecule has 2 rings (SSSR count). The number of nitrogens with one attached hydrogen (secondary N) is 1. The van der Waals surface area contributed by atoms with Crippen molar-refractivity contribution in [1.82, 2.24) is 9.55 Å². The topological polar surface area (TPSA) is 29.9 Å². The number of halogens is 2. The van der Waals surface area contributed by atoms with Crippen LogP contribution in [-0.4, -0.2) is 9.55 Å². The highest BCUT2D eigenvalue weighted by atomic mass is 35.5. The molecule has 0 aliphatic rings. The van der Waals surface area contributed by atoms with E-state index in [9.17, 15) is 0 Å². The van der Waals surface area contributed by atoms with Gasteiger partial charge in [-0.3, -0.25) is 0 Å². The van der Waals surface area contributed by atoms with Crippen LogP contribution in [0.25, 0.3) is 0 Å². The summed E-state index contributed by atoms with van der Waals surface area (Å²) in [7, 11) is 0. The summed E-state index contributed by atoms with van der Waals surface area (Å²) in [5, 5.41) is 4.56. The van der Waals surface area contributed by atoms with Gasteiger partial charge >= 0.3 is 0 Å². The smallest absolute Gasteiger partial charge is 0.0948 e. The van der Waals surface area contributed by atoms with Crippen LogP contribution in [0, 0.1) is 0 Å². The molecule has 0 aliphatic carbocycles. The molecule has 0 fully saturated rings. The Hall–Kier alpha value is -1.19. The Balaban J connectivity index is 2.04. The van der Waals surface area contributed by atoms with Crippen molar-refractivity contribution in [3.05, 3.63) is 46.5 Å². The molecule has 0 amide bonds. The zero-order valence-corrected chi connectivity index (χ0v) is 11.7. The van der Waals surface area contributed by atoms with Gasteiger partial charge in [0.05, 0.1) is 18.6 Å². The maximum Gasteiger partial charge on any atom is 0.0948 e. The van der Waals surface area contributed by atoms with E-state index < -0.39 is 0 Å². The summed E-state index contributed by atoms with van der Waals surface area (Å²) in [6.45, 7) is 3.83. The molecule has 0 unspecified atom stereocenters. The van der Waals surface area contributed by atoms with Gasteiger partial charge < -0.3 is 9.88 Å². The van der Waals surface area contributed by atoms with Gasteiger partial charge in [-0.15, -0.1) is 0 Å². The summed E-state index contributed by atoms with van der Waals surface area (Å²) in [5.41, 5.74) is 2.06. The molecule has 0 radical (unpaired) electrons. The first-order valence-electron chi connectivity index (χ1n) is 5.88. The first-order chi connectivity index (χ1) is 8.69. The summed E-state index contributed by atoms with van der Waals surface area (Å²) >= 11 is 11.9. The molecule has 1 heterocycles. The number of aryl methyl sites for hydroxylation is 1. The molecule has 18 heavy (non-hydrogen) atoms. The van der Waals surface area contributed by atoms with E-state index in [0.717, 1.165) is 24.3 Å². The molecule has 3 nitrogen and oxygen atoms in total. The molecule has 0 saturated heterocycles. The SMILES string of the molecule is CCCn1cncc1CNc1cc(Cl)cc(Cl)c1. The third-order valence-electron chi connectivity index (χ3n) is 2.60. The zero-order chi connectivity index (χ0) is 13.0. The Morgan fingerprint density at radius 2 is 1.94 bits per heavy atom. The molecule has 96 valence electrons.